The van der Waals surface area contributed by atoms with Gasteiger partial charge < -0.3 is 9.30 Å². The number of nitrogens with zero attached hydrogens (tertiary/aromatic N) is 3. The zero-order valence-electron chi connectivity index (χ0n) is 16.1. The van der Waals surface area contributed by atoms with Crippen LogP contribution in [0.5, 0.6) is 5.75 Å². The minimum absolute atomic E-state index is 0.554. The lowest BCUT2D eigenvalue weighted by Crippen LogP contribution is -2.26. The molecule has 27 heavy (non-hydrogen) atoms. The minimum Gasteiger partial charge on any atom is -0.477 e. The first kappa shape index (κ1) is 16.8. The zero-order valence-corrected chi connectivity index (χ0v) is 16.1. The summed E-state index contributed by atoms with van der Waals surface area (Å²) in [7, 11) is 2.21. The van der Waals surface area contributed by atoms with Crippen LogP contribution < -0.4 is 10.1 Å². The highest BCUT2D eigenvalue weighted by Gasteiger charge is 2.25. The van der Waals surface area contributed by atoms with Crippen molar-refractivity contribution in [2.75, 3.05) is 19.8 Å². The first-order valence-corrected chi connectivity index (χ1v) is 9.84. The number of likely N-dealkylation sites (tertiary alicyclic amines) is 1. The van der Waals surface area contributed by atoms with Gasteiger partial charge in [0.2, 0.25) is 0 Å². The summed E-state index contributed by atoms with van der Waals surface area (Å²) in [6, 6.07) is 6.39. The molecule has 140 valence electrons. The summed E-state index contributed by atoms with van der Waals surface area (Å²) in [6.45, 7) is 7.12. The van der Waals surface area contributed by atoms with Crippen LogP contribution in [0, 0.1) is 6.92 Å². The van der Waals surface area contributed by atoms with Crippen LogP contribution in [0.25, 0.3) is 22.0 Å². The van der Waals surface area contributed by atoms with E-state index in [1.54, 1.807) is 0 Å². The molecule has 2 aliphatic heterocycles. The molecular formula is C22H26N4O. The highest BCUT2D eigenvalue weighted by molar-refractivity contribution is 5.96. The normalized spacial score (nSPS) is 17.3. The van der Waals surface area contributed by atoms with Crippen molar-refractivity contribution in [3.8, 4) is 16.9 Å². The third-order valence-corrected chi connectivity index (χ3v) is 6.10. The van der Waals surface area contributed by atoms with Crippen LogP contribution in [0.3, 0.4) is 0 Å². The van der Waals surface area contributed by atoms with E-state index in [9.17, 15) is 0 Å². The summed E-state index contributed by atoms with van der Waals surface area (Å²) >= 11 is 0. The Hall–Kier alpha value is -2.37. The second-order valence-electron chi connectivity index (χ2n) is 7.70. The zero-order chi connectivity index (χ0) is 18.4. The topological polar surface area (TPSA) is 42.3 Å². The Bertz CT molecular complexity index is 987. The average molecular weight is 362 g/mol. The standard InChI is InChI=1S/C22H26N4O/c1-15-20(13-26-8-3-4-9-26)25(2)19-10-17(16-6-5-7-23-11-16)22-18(21(15)19)12-24-14-27-22/h5-7,10-11,24H,3-4,8-9,12-14H2,1-2H3. The molecule has 0 aliphatic carbocycles. The van der Waals surface area contributed by atoms with Gasteiger partial charge in [-0.2, -0.15) is 0 Å². The van der Waals surface area contributed by atoms with Crippen LogP contribution in [0.4, 0.5) is 0 Å². The molecule has 5 heteroatoms. The Morgan fingerprint density at radius 1 is 1.26 bits per heavy atom. The molecule has 0 spiro atoms. The lowest BCUT2D eigenvalue weighted by Gasteiger charge is -2.23. The van der Waals surface area contributed by atoms with Crippen molar-refractivity contribution in [1.82, 2.24) is 19.8 Å². The van der Waals surface area contributed by atoms with Crippen molar-refractivity contribution in [3.05, 3.63) is 47.4 Å². The maximum absolute atomic E-state index is 6.10. The fourth-order valence-electron chi connectivity index (χ4n) is 4.68. The molecule has 4 heterocycles. The molecule has 0 radical (unpaired) electrons. The van der Waals surface area contributed by atoms with E-state index in [0.717, 1.165) is 30.0 Å². The second kappa shape index (κ2) is 6.66. The van der Waals surface area contributed by atoms with E-state index in [4.69, 9.17) is 4.74 Å². The van der Waals surface area contributed by atoms with Gasteiger partial charge in [0, 0.05) is 65.8 Å². The highest BCUT2D eigenvalue weighted by Crippen LogP contribution is 2.42. The van der Waals surface area contributed by atoms with E-state index in [1.165, 1.54) is 53.7 Å². The predicted molar refractivity (Wildman–Crippen MR) is 108 cm³/mol. The highest BCUT2D eigenvalue weighted by atomic mass is 16.5. The van der Waals surface area contributed by atoms with Crippen molar-refractivity contribution in [2.24, 2.45) is 7.05 Å². The molecule has 5 rings (SSSR count). The van der Waals surface area contributed by atoms with Crippen molar-refractivity contribution in [2.45, 2.75) is 32.9 Å². The number of fused-ring (bicyclic) bond motifs is 3. The molecule has 3 aromatic rings. The van der Waals surface area contributed by atoms with Crippen molar-refractivity contribution in [1.29, 1.82) is 0 Å². The van der Waals surface area contributed by atoms with E-state index in [0.29, 0.717) is 6.73 Å². The van der Waals surface area contributed by atoms with Crippen LogP contribution >= 0.6 is 0 Å². The van der Waals surface area contributed by atoms with Crippen LogP contribution in [-0.4, -0.2) is 34.3 Å². The Balaban J connectivity index is 1.73. The smallest absolute Gasteiger partial charge is 0.139 e. The van der Waals surface area contributed by atoms with Crippen molar-refractivity contribution < 1.29 is 4.74 Å². The van der Waals surface area contributed by atoms with E-state index in [2.05, 4.69) is 45.9 Å². The van der Waals surface area contributed by atoms with Gasteiger partial charge >= 0.3 is 0 Å². The predicted octanol–water partition coefficient (Wildman–Crippen LogP) is 3.58. The van der Waals surface area contributed by atoms with E-state index in [-0.39, 0.29) is 0 Å². The van der Waals surface area contributed by atoms with Gasteiger partial charge in [-0.15, -0.1) is 0 Å². The van der Waals surface area contributed by atoms with Gasteiger partial charge in [-0.25, -0.2) is 0 Å². The third kappa shape index (κ3) is 2.73. The van der Waals surface area contributed by atoms with Gasteiger partial charge in [0.25, 0.3) is 0 Å². The number of hydrogen-bond donors (Lipinski definition) is 1. The summed E-state index contributed by atoms with van der Waals surface area (Å²) < 4.78 is 8.48. The molecule has 0 unspecified atom stereocenters. The van der Waals surface area contributed by atoms with Crippen molar-refractivity contribution in [3.63, 3.8) is 0 Å². The number of hydrogen-bond acceptors (Lipinski definition) is 4. The monoisotopic (exact) mass is 362 g/mol. The number of rotatable bonds is 3. The Labute approximate surface area is 160 Å². The summed E-state index contributed by atoms with van der Waals surface area (Å²) in [6.07, 6.45) is 6.38. The molecule has 0 atom stereocenters. The first-order chi connectivity index (χ1) is 13.2. The molecule has 1 N–H and O–H groups in total. The molecule has 2 aliphatic rings. The van der Waals surface area contributed by atoms with E-state index in [1.807, 2.05) is 18.5 Å². The first-order valence-electron chi connectivity index (χ1n) is 9.84. The van der Waals surface area contributed by atoms with Crippen molar-refractivity contribution >= 4 is 10.9 Å². The minimum atomic E-state index is 0.554. The van der Waals surface area contributed by atoms with Gasteiger partial charge in [0.1, 0.15) is 12.5 Å². The van der Waals surface area contributed by atoms with E-state index < -0.39 is 0 Å². The molecule has 1 saturated heterocycles. The van der Waals surface area contributed by atoms with Crippen LogP contribution in [0.2, 0.25) is 0 Å². The Morgan fingerprint density at radius 3 is 2.89 bits per heavy atom. The molecule has 2 aromatic heterocycles. The van der Waals surface area contributed by atoms with Crippen LogP contribution in [0.15, 0.2) is 30.6 Å². The van der Waals surface area contributed by atoms with Gasteiger partial charge in [-0.05, 0) is 50.6 Å². The summed E-state index contributed by atoms with van der Waals surface area (Å²) in [5.41, 5.74) is 7.62. The maximum Gasteiger partial charge on any atom is 0.139 e. The number of ether oxygens (including phenoxy) is 1. The van der Waals surface area contributed by atoms with Gasteiger partial charge in [0.05, 0.1) is 0 Å². The molecule has 1 aromatic carbocycles. The fraction of sp³-hybridized carbons (Fsp3) is 0.409. The Morgan fingerprint density at radius 2 is 2.11 bits per heavy atom. The quantitative estimate of drug-likeness (QED) is 0.773. The molecular weight excluding hydrogens is 336 g/mol. The lowest BCUT2D eigenvalue weighted by molar-refractivity contribution is 0.259. The fourth-order valence-corrected chi connectivity index (χ4v) is 4.68. The van der Waals surface area contributed by atoms with Crippen LogP contribution in [0.1, 0.15) is 29.7 Å². The van der Waals surface area contributed by atoms with E-state index >= 15 is 0 Å². The molecule has 5 nitrogen and oxygen atoms in total. The molecule has 0 bridgehead atoms. The number of aromatic nitrogens is 2. The average Bonchev–Trinajstić information content (AvgIpc) is 3.31. The number of aryl methyl sites for hydroxylation is 2. The molecule has 0 amide bonds. The maximum atomic E-state index is 6.10. The largest absolute Gasteiger partial charge is 0.477 e. The Kier molecular flexibility index (Phi) is 4.14. The summed E-state index contributed by atoms with van der Waals surface area (Å²) in [5, 5.41) is 4.73. The third-order valence-electron chi connectivity index (χ3n) is 6.10. The second-order valence-corrected chi connectivity index (χ2v) is 7.70. The SMILES string of the molecule is Cc1c(CN2CCCC2)n(C)c2cc(-c3cccnc3)c3c(c12)CNCO3. The number of benzene rings is 1. The number of nitrogens with one attached hydrogen (secondary N) is 1. The summed E-state index contributed by atoms with van der Waals surface area (Å²) in [5.74, 6) is 1.01. The lowest BCUT2D eigenvalue weighted by atomic mass is 9.96. The molecule has 1 fully saturated rings. The number of pyridine rings is 1. The van der Waals surface area contributed by atoms with Crippen LogP contribution in [-0.2, 0) is 20.1 Å². The van der Waals surface area contributed by atoms with Gasteiger partial charge in [-0.1, -0.05) is 6.07 Å². The van der Waals surface area contributed by atoms with Gasteiger partial charge in [-0.3, -0.25) is 15.2 Å². The summed E-state index contributed by atoms with van der Waals surface area (Å²) in [4.78, 5) is 6.89. The molecule has 0 saturated carbocycles. The van der Waals surface area contributed by atoms with Gasteiger partial charge in [0.15, 0.2) is 0 Å².